The predicted molar refractivity (Wildman–Crippen MR) is 103 cm³/mol. The van der Waals surface area contributed by atoms with Gasteiger partial charge in [0.15, 0.2) is 0 Å². The molecule has 0 aromatic heterocycles. The zero-order valence-corrected chi connectivity index (χ0v) is 16.7. The summed E-state index contributed by atoms with van der Waals surface area (Å²) in [5.74, 6) is -0.00540. The molecule has 26 heavy (non-hydrogen) atoms. The summed E-state index contributed by atoms with van der Waals surface area (Å²) in [6.45, 7) is 7.81. The molecule has 2 aliphatic heterocycles. The van der Waals surface area contributed by atoms with Gasteiger partial charge in [-0.15, -0.1) is 0 Å². The highest BCUT2D eigenvalue weighted by molar-refractivity contribution is 7.89. The fourth-order valence-corrected chi connectivity index (χ4v) is 6.03. The second-order valence-corrected chi connectivity index (χ2v) is 9.22. The lowest BCUT2D eigenvalue weighted by atomic mass is 10.1. The molecule has 1 atom stereocenters. The number of nitrogens with zero attached hydrogens (tertiary/aromatic N) is 2. The van der Waals surface area contributed by atoms with E-state index in [9.17, 15) is 13.2 Å². The fourth-order valence-electron chi connectivity index (χ4n) is 4.20. The number of amides is 1. The maximum Gasteiger partial charge on any atom is 0.243 e. The van der Waals surface area contributed by atoms with Crippen molar-refractivity contribution in [2.24, 2.45) is 0 Å². The highest BCUT2D eigenvalue weighted by atomic mass is 32.2. The van der Waals surface area contributed by atoms with Crippen LogP contribution in [-0.4, -0.2) is 50.3 Å². The zero-order chi connectivity index (χ0) is 18.9. The van der Waals surface area contributed by atoms with Crippen molar-refractivity contribution in [1.82, 2.24) is 9.62 Å². The zero-order valence-electron chi connectivity index (χ0n) is 15.9. The fraction of sp³-hybridized carbons (Fsp3) is 0.632. The number of anilines is 1. The lowest BCUT2D eigenvalue weighted by Crippen LogP contribution is -2.46. The molecule has 0 spiro atoms. The Morgan fingerprint density at radius 2 is 2.00 bits per heavy atom. The molecule has 0 bridgehead atoms. The van der Waals surface area contributed by atoms with Crippen LogP contribution in [0.1, 0.15) is 45.6 Å². The molecule has 2 heterocycles. The van der Waals surface area contributed by atoms with Gasteiger partial charge in [0.25, 0.3) is 0 Å². The van der Waals surface area contributed by atoms with Crippen LogP contribution in [0.5, 0.6) is 0 Å². The van der Waals surface area contributed by atoms with E-state index in [0.717, 1.165) is 43.6 Å². The molecule has 0 aliphatic carbocycles. The molecule has 3 rings (SSSR count). The Labute approximate surface area is 156 Å². The van der Waals surface area contributed by atoms with Gasteiger partial charge in [-0.05, 0) is 69.5 Å². The number of hydrogen-bond acceptors (Lipinski definition) is 4. The minimum absolute atomic E-state index is 0.00540. The molecular formula is C19H29N3O3S. The maximum atomic E-state index is 13.3. The van der Waals surface area contributed by atoms with E-state index < -0.39 is 10.0 Å². The highest BCUT2D eigenvalue weighted by Gasteiger charge is 2.34. The van der Waals surface area contributed by atoms with Crippen LogP contribution in [0.2, 0.25) is 0 Å². The Kier molecular flexibility index (Phi) is 5.69. The topological polar surface area (TPSA) is 69.7 Å². The smallest absolute Gasteiger partial charge is 0.243 e. The van der Waals surface area contributed by atoms with Crippen molar-refractivity contribution in [3.8, 4) is 0 Å². The summed E-state index contributed by atoms with van der Waals surface area (Å²) in [7, 11) is -3.54. The summed E-state index contributed by atoms with van der Waals surface area (Å²) in [5, 5.41) is 3.30. The lowest BCUT2D eigenvalue weighted by Gasteiger charge is -2.33. The molecule has 144 valence electrons. The lowest BCUT2D eigenvalue weighted by molar-refractivity contribution is -0.116. The Morgan fingerprint density at radius 1 is 1.31 bits per heavy atom. The average Bonchev–Trinajstić information content (AvgIpc) is 2.95. The SMILES string of the molecule is CCCN(C1CCNCC1)S(=O)(=O)c1ccc2c(c1)CC(C)N2C(C)=O. The van der Waals surface area contributed by atoms with E-state index in [1.54, 1.807) is 34.3 Å². The molecule has 7 heteroatoms. The van der Waals surface area contributed by atoms with Crippen molar-refractivity contribution >= 4 is 21.6 Å². The number of nitrogens with one attached hydrogen (secondary N) is 1. The molecule has 1 N–H and O–H groups in total. The molecule has 0 saturated carbocycles. The summed E-state index contributed by atoms with van der Waals surface area (Å²) in [6, 6.07) is 5.35. The molecule has 1 aromatic carbocycles. The van der Waals surface area contributed by atoms with Gasteiger partial charge in [0.2, 0.25) is 15.9 Å². The maximum absolute atomic E-state index is 13.3. The van der Waals surface area contributed by atoms with E-state index in [1.165, 1.54) is 0 Å². The highest BCUT2D eigenvalue weighted by Crippen LogP contribution is 2.35. The molecule has 6 nitrogen and oxygen atoms in total. The summed E-state index contributed by atoms with van der Waals surface area (Å²) >= 11 is 0. The Bertz CT molecular complexity index is 772. The van der Waals surface area contributed by atoms with Crippen LogP contribution >= 0.6 is 0 Å². The monoisotopic (exact) mass is 379 g/mol. The Balaban J connectivity index is 1.94. The van der Waals surface area contributed by atoms with Gasteiger partial charge in [-0.3, -0.25) is 4.79 Å². The molecule has 1 aromatic rings. The molecule has 1 saturated heterocycles. The summed E-state index contributed by atoms with van der Waals surface area (Å²) in [4.78, 5) is 14.0. The van der Waals surface area contributed by atoms with Crippen LogP contribution in [0.15, 0.2) is 23.1 Å². The second-order valence-electron chi connectivity index (χ2n) is 7.33. The first kappa shape index (κ1) is 19.3. The van der Waals surface area contributed by atoms with Crippen molar-refractivity contribution in [1.29, 1.82) is 0 Å². The van der Waals surface area contributed by atoms with Crippen molar-refractivity contribution in [2.45, 2.75) is 63.4 Å². The van der Waals surface area contributed by atoms with Crippen LogP contribution in [0.4, 0.5) is 5.69 Å². The number of benzene rings is 1. The van der Waals surface area contributed by atoms with Crippen molar-refractivity contribution in [2.75, 3.05) is 24.5 Å². The normalized spacial score (nSPS) is 21.2. The molecule has 1 amide bonds. The van der Waals surface area contributed by atoms with E-state index in [4.69, 9.17) is 0 Å². The largest absolute Gasteiger partial charge is 0.317 e. The summed E-state index contributed by atoms with van der Waals surface area (Å²) in [6.07, 6.45) is 3.18. The molecule has 0 radical (unpaired) electrons. The van der Waals surface area contributed by atoms with Crippen LogP contribution in [0, 0.1) is 0 Å². The van der Waals surface area contributed by atoms with Gasteiger partial charge in [0, 0.05) is 31.2 Å². The first-order valence-electron chi connectivity index (χ1n) is 9.51. The average molecular weight is 380 g/mol. The third-order valence-corrected chi connectivity index (χ3v) is 7.32. The van der Waals surface area contributed by atoms with Crippen molar-refractivity contribution in [3.63, 3.8) is 0 Å². The number of piperidine rings is 1. The minimum Gasteiger partial charge on any atom is -0.317 e. The van der Waals surface area contributed by atoms with Crippen LogP contribution in [-0.2, 0) is 21.2 Å². The minimum atomic E-state index is -3.54. The van der Waals surface area contributed by atoms with Gasteiger partial charge < -0.3 is 10.2 Å². The number of carbonyl (C=O) groups excluding carboxylic acids is 1. The molecule has 1 fully saturated rings. The van der Waals surface area contributed by atoms with Gasteiger partial charge in [-0.2, -0.15) is 4.31 Å². The van der Waals surface area contributed by atoms with Gasteiger partial charge in [-0.25, -0.2) is 8.42 Å². The Morgan fingerprint density at radius 3 is 2.62 bits per heavy atom. The first-order chi connectivity index (χ1) is 12.4. The number of fused-ring (bicyclic) bond motifs is 1. The number of hydrogen-bond donors (Lipinski definition) is 1. The van der Waals surface area contributed by atoms with Crippen LogP contribution in [0.25, 0.3) is 0 Å². The van der Waals surface area contributed by atoms with Crippen molar-refractivity contribution < 1.29 is 13.2 Å². The van der Waals surface area contributed by atoms with E-state index in [-0.39, 0.29) is 18.0 Å². The molecule has 2 aliphatic rings. The standard InChI is InChI=1S/C19H29N3O3S/c1-4-11-21(17-7-9-20-10-8-17)26(24,25)18-5-6-19-16(13-18)12-14(2)22(19)15(3)23/h5-6,13-14,17,20H,4,7-12H2,1-3H3. The number of carbonyl (C=O) groups is 1. The molecular weight excluding hydrogens is 350 g/mol. The number of sulfonamides is 1. The second kappa shape index (κ2) is 7.66. The summed E-state index contributed by atoms with van der Waals surface area (Å²) in [5.41, 5.74) is 1.78. The van der Waals surface area contributed by atoms with E-state index in [0.29, 0.717) is 17.9 Å². The van der Waals surface area contributed by atoms with Crippen LogP contribution in [0.3, 0.4) is 0 Å². The quantitative estimate of drug-likeness (QED) is 0.851. The Hall–Kier alpha value is -1.44. The van der Waals surface area contributed by atoms with E-state index in [2.05, 4.69) is 5.32 Å². The first-order valence-corrected chi connectivity index (χ1v) is 11.0. The predicted octanol–water partition coefficient (Wildman–Crippen LogP) is 2.14. The van der Waals surface area contributed by atoms with Gasteiger partial charge in [0.05, 0.1) is 4.90 Å². The third-order valence-electron chi connectivity index (χ3n) is 5.37. The van der Waals surface area contributed by atoms with E-state index >= 15 is 0 Å². The third kappa shape index (κ3) is 3.52. The summed E-state index contributed by atoms with van der Waals surface area (Å²) < 4.78 is 28.4. The van der Waals surface area contributed by atoms with Gasteiger partial charge in [0.1, 0.15) is 0 Å². The van der Waals surface area contributed by atoms with Gasteiger partial charge >= 0.3 is 0 Å². The van der Waals surface area contributed by atoms with Crippen LogP contribution < -0.4 is 10.2 Å². The van der Waals surface area contributed by atoms with Gasteiger partial charge in [-0.1, -0.05) is 6.92 Å². The molecule has 1 unspecified atom stereocenters. The number of rotatable bonds is 5. The van der Waals surface area contributed by atoms with E-state index in [1.807, 2.05) is 13.8 Å². The van der Waals surface area contributed by atoms with Crippen molar-refractivity contribution in [3.05, 3.63) is 23.8 Å².